The van der Waals surface area contributed by atoms with E-state index < -0.39 is 35.5 Å². The summed E-state index contributed by atoms with van der Waals surface area (Å²) >= 11 is 0. The number of benzene rings is 2. The number of hydrogen-bond donors (Lipinski definition) is 0. The van der Waals surface area contributed by atoms with Gasteiger partial charge >= 0.3 is 18.1 Å². The molecule has 1 aliphatic heterocycles. The van der Waals surface area contributed by atoms with E-state index in [4.69, 9.17) is 9.47 Å². The van der Waals surface area contributed by atoms with E-state index in [0.29, 0.717) is 11.4 Å². The van der Waals surface area contributed by atoms with Crippen LogP contribution in [0.5, 0.6) is 0 Å². The lowest BCUT2D eigenvalue weighted by atomic mass is 9.74. The first-order valence-electron chi connectivity index (χ1n) is 11.4. The number of hydrogen-bond acceptors (Lipinski definition) is 5. The van der Waals surface area contributed by atoms with Gasteiger partial charge in [-0.15, -0.1) is 0 Å². The zero-order chi connectivity index (χ0) is 25.3. The molecular formula is C27H26F3NO4. The van der Waals surface area contributed by atoms with Gasteiger partial charge in [-0.25, -0.2) is 4.79 Å². The Bertz CT molecular complexity index is 1190. The first-order valence-corrected chi connectivity index (χ1v) is 11.4. The second-order valence-electron chi connectivity index (χ2n) is 8.73. The number of esters is 2. The van der Waals surface area contributed by atoms with Gasteiger partial charge in [0.05, 0.1) is 30.6 Å². The summed E-state index contributed by atoms with van der Waals surface area (Å²) in [6.07, 6.45) is -3.85. The molecule has 184 valence electrons. The number of alkyl halides is 3. The van der Waals surface area contributed by atoms with Crippen molar-refractivity contribution in [1.29, 1.82) is 0 Å². The van der Waals surface area contributed by atoms with Crippen LogP contribution in [-0.2, 0) is 25.2 Å². The third kappa shape index (κ3) is 4.88. The number of carbonyl (C=O) groups is 2. The first-order chi connectivity index (χ1) is 16.7. The number of rotatable bonds is 6. The van der Waals surface area contributed by atoms with E-state index in [1.165, 1.54) is 19.2 Å². The molecule has 1 saturated carbocycles. The maximum Gasteiger partial charge on any atom is 0.416 e. The van der Waals surface area contributed by atoms with Crippen LogP contribution < -0.4 is 0 Å². The monoisotopic (exact) mass is 485 g/mol. The molecule has 2 aliphatic rings. The van der Waals surface area contributed by atoms with Crippen LogP contribution in [-0.4, -0.2) is 31.4 Å². The second-order valence-corrected chi connectivity index (χ2v) is 8.73. The van der Waals surface area contributed by atoms with Crippen LogP contribution in [0.15, 0.2) is 70.9 Å². The fourth-order valence-corrected chi connectivity index (χ4v) is 4.88. The van der Waals surface area contributed by atoms with Gasteiger partial charge in [0.25, 0.3) is 0 Å². The lowest BCUT2D eigenvalue weighted by molar-refractivity contribution is -0.144. The lowest BCUT2D eigenvalue weighted by Gasteiger charge is -2.32. The zero-order valence-electron chi connectivity index (χ0n) is 19.6. The third-order valence-electron chi connectivity index (χ3n) is 6.56. The molecule has 0 radical (unpaired) electrons. The van der Waals surface area contributed by atoms with Crippen molar-refractivity contribution >= 4 is 17.7 Å². The van der Waals surface area contributed by atoms with Crippen LogP contribution in [0.25, 0.3) is 0 Å². The summed E-state index contributed by atoms with van der Waals surface area (Å²) in [6.45, 7) is 3.36. The molecule has 2 unspecified atom stereocenters. The average molecular weight is 486 g/mol. The van der Waals surface area contributed by atoms with Crippen molar-refractivity contribution in [2.24, 2.45) is 16.8 Å². The highest BCUT2D eigenvalue weighted by Gasteiger charge is 2.50. The summed E-state index contributed by atoms with van der Waals surface area (Å²) in [5.41, 5.74) is 1.39. The fourth-order valence-electron chi connectivity index (χ4n) is 4.88. The Labute approximate surface area is 201 Å². The molecule has 0 saturated heterocycles. The van der Waals surface area contributed by atoms with Crippen LogP contribution in [0.4, 0.5) is 13.2 Å². The van der Waals surface area contributed by atoms with Crippen LogP contribution in [0.2, 0.25) is 0 Å². The molecule has 4 atom stereocenters. The quantitative estimate of drug-likeness (QED) is 0.495. The van der Waals surface area contributed by atoms with Crippen LogP contribution in [0.1, 0.15) is 48.8 Å². The molecule has 0 amide bonds. The van der Waals surface area contributed by atoms with Gasteiger partial charge in [-0.05, 0) is 43.4 Å². The highest BCUT2D eigenvalue weighted by atomic mass is 19.4. The van der Waals surface area contributed by atoms with Gasteiger partial charge in [0, 0.05) is 17.5 Å². The number of carbonyl (C=O) groups excluding carboxylic acids is 2. The molecule has 5 nitrogen and oxygen atoms in total. The predicted molar refractivity (Wildman–Crippen MR) is 124 cm³/mol. The molecule has 1 fully saturated rings. The lowest BCUT2D eigenvalue weighted by Crippen LogP contribution is -2.37. The summed E-state index contributed by atoms with van der Waals surface area (Å²) in [7, 11) is 1.20. The number of ether oxygens (including phenoxy) is 2. The van der Waals surface area contributed by atoms with E-state index in [1.807, 2.05) is 30.3 Å². The minimum Gasteiger partial charge on any atom is -0.468 e. The van der Waals surface area contributed by atoms with Crippen molar-refractivity contribution in [2.45, 2.75) is 38.3 Å². The molecule has 0 bridgehead atoms. The number of allylic oxidation sites excluding steroid dienone is 1. The van der Waals surface area contributed by atoms with E-state index in [1.54, 1.807) is 13.8 Å². The Kier molecular flexibility index (Phi) is 6.83. The van der Waals surface area contributed by atoms with Gasteiger partial charge in [0.15, 0.2) is 0 Å². The van der Waals surface area contributed by atoms with Crippen LogP contribution >= 0.6 is 0 Å². The van der Waals surface area contributed by atoms with E-state index in [-0.39, 0.29) is 29.6 Å². The minimum atomic E-state index is -4.58. The Balaban J connectivity index is 1.89. The Morgan fingerprint density at radius 2 is 1.71 bits per heavy atom. The van der Waals surface area contributed by atoms with Crippen molar-refractivity contribution < 1.29 is 32.2 Å². The third-order valence-corrected chi connectivity index (χ3v) is 6.56. The summed E-state index contributed by atoms with van der Waals surface area (Å²) < 4.78 is 51.0. The molecule has 35 heavy (non-hydrogen) atoms. The number of halogens is 3. The molecule has 1 aliphatic carbocycles. The van der Waals surface area contributed by atoms with Crippen molar-refractivity contribution in [2.75, 3.05) is 13.7 Å². The average Bonchev–Trinajstić information content (AvgIpc) is 3.64. The Hall–Kier alpha value is -3.42. The number of nitrogens with zero attached hydrogens (tertiary/aromatic N) is 1. The standard InChI is InChI=1S/C27H26F3NO4/c1-4-35-26(33)23-22(17-11-8-12-18(13-17)27(28,29)30)21(25(32)34-3)15(2)31-24(23)20-14-19(20)16-9-6-5-7-10-16/h5-13,19-22H,4,14H2,1-3H3/t19-,20+,21?,22?/m0/s1. The molecular weight excluding hydrogens is 459 g/mol. The van der Waals surface area contributed by atoms with Crippen LogP contribution in [0, 0.1) is 11.8 Å². The summed E-state index contributed by atoms with van der Waals surface area (Å²) in [5.74, 6) is -3.43. The fraction of sp³-hybridized carbons (Fsp3) is 0.370. The normalized spacial score (nSPS) is 24.0. The van der Waals surface area contributed by atoms with Crippen molar-refractivity contribution in [3.05, 3.63) is 82.6 Å². The summed E-state index contributed by atoms with van der Waals surface area (Å²) in [5, 5.41) is 0. The predicted octanol–water partition coefficient (Wildman–Crippen LogP) is 5.67. The second kappa shape index (κ2) is 9.68. The molecule has 2 aromatic rings. The van der Waals surface area contributed by atoms with Gasteiger partial charge in [-0.2, -0.15) is 13.2 Å². The van der Waals surface area contributed by atoms with Gasteiger partial charge in [0.2, 0.25) is 0 Å². The van der Waals surface area contributed by atoms with E-state index in [2.05, 4.69) is 4.99 Å². The highest BCUT2D eigenvalue weighted by Crippen LogP contribution is 2.56. The highest BCUT2D eigenvalue weighted by molar-refractivity contribution is 6.07. The van der Waals surface area contributed by atoms with E-state index in [0.717, 1.165) is 24.1 Å². The molecule has 1 heterocycles. The molecule has 2 aromatic carbocycles. The number of methoxy groups -OCH3 is 1. The summed E-state index contributed by atoms with van der Waals surface area (Å²) in [4.78, 5) is 30.8. The molecule has 4 rings (SSSR count). The largest absolute Gasteiger partial charge is 0.468 e. The van der Waals surface area contributed by atoms with Gasteiger partial charge < -0.3 is 9.47 Å². The maximum atomic E-state index is 13.5. The molecule has 8 heteroatoms. The van der Waals surface area contributed by atoms with Gasteiger partial charge in [-0.3, -0.25) is 9.79 Å². The molecule has 0 N–H and O–H groups in total. The zero-order valence-corrected chi connectivity index (χ0v) is 19.6. The minimum absolute atomic E-state index is 0.0727. The SMILES string of the molecule is CCOC(=O)C1=C([C@@H]2C[C@H]2c2ccccc2)N=C(C)C(C(=O)OC)C1c1cccc(C(F)(F)F)c1. The van der Waals surface area contributed by atoms with Gasteiger partial charge in [-0.1, -0.05) is 48.5 Å². The van der Waals surface area contributed by atoms with Crippen LogP contribution in [0.3, 0.4) is 0 Å². The first kappa shape index (κ1) is 24.7. The molecule has 0 aromatic heterocycles. The van der Waals surface area contributed by atoms with E-state index >= 15 is 0 Å². The molecule has 0 spiro atoms. The topological polar surface area (TPSA) is 65.0 Å². The van der Waals surface area contributed by atoms with Gasteiger partial charge in [0.1, 0.15) is 5.92 Å². The summed E-state index contributed by atoms with van der Waals surface area (Å²) in [6, 6.07) is 14.5. The Morgan fingerprint density at radius 3 is 2.34 bits per heavy atom. The van der Waals surface area contributed by atoms with Crippen molar-refractivity contribution in [3.8, 4) is 0 Å². The smallest absolute Gasteiger partial charge is 0.416 e. The van der Waals surface area contributed by atoms with E-state index in [9.17, 15) is 22.8 Å². The van der Waals surface area contributed by atoms with Crippen molar-refractivity contribution in [1.82, 2.24) is 0 Å². The van der Waals surface area contributed by atoms with Crippen molar-refractivity contribution in [3.63, 3.8) is 0 Å². The Morgan fingerprint density at radius 1 is 1.03 bits per heavy atom. The maximum absolute atomic E-state index is 13.5. The number of aliphatic imine (C=N–C) groups is 1.